The first-order valence-corrected chi connectivity index (χ1v) is 4.85. The van der Waals surface area contributed by atoms with Crippen LogP contribution in [0.2, 0.25) is 0 Å². The molecule has 0 saturated heterocycles. The molecule has 0 fully saturated rings. The van der Waals surface area contributed by atoms with Crippen LogP contribution in [-0.2, 0) is 0 Å². The number of rotatable bonds is 2. The van der Waals surface area contributed by atoms with Crippen LogP contribution in [0.3, 0.4) is 0 Å². The summed E-state index contributed by atoms with van der Waals surface area (Å²) >= 11 is 0. The van der Waals surface area contributed by atoms with Crippen molar-refractivity contribution in [2.24, 2.45) is 0 Å². The molecule has 0 heterocycles. The number of hydrogen-bond acceptors (Lipinski definition) is 0. The minimum Gasteiger partial charge on any atom is -0.125 e. The maximum Gasteiger partial charge on any atom is -0.0203 e. The van der Waals surface area contributed by atoms with Gasteiger partial charge in [-0.15, -0.1) is 5.73 Å². The molecule has 1 rings (SSSR count). The van der Waals surface area contributed by atoms with E-state index in [0.717, 1.165) is 0 Å². The molecule has 0 nitrogen and oxygen atoms in total. The van der Waals surface area contributed by atoms with Gasteiger partial charge in [-0.3, -0.25) is 0 Å². The minimum absolute atomic E-state index is 1.28. The number of aryl methyl sites for hydroxylation is 1. The second kappa shape index (κ2) is 5.26. The highest BCUT2D eigenvalue weighted by Crippen LogP contribution is 2.13. The van der Waals surface area contributed by atoms with Crippen molar-refractivity contribution in [3.63, 3.8) is 0 Å². The van der Waals surface area contributed by atoms with E-state index in [-0.39, 0.29) is 0 Å². The van der Waals surface area contributed by atoms with Gasteiger partial charge < -0.3 is 0 Å². The lowest BCUT2D eigenvalue weighted by atomic mass is 10.0. The zero-order chi connectivity index (χ0) is 10.4. The fourth-order valence-corrected chi connectivity index (χ4v) is 1.26. The van der Waals surface area contributed by atoms with Crippen molar-refractivity contribution in [3.8, 4) is 0 Å². The summed E-state index contributed by atoms with van der Waals surface area (Å²) in [4.78, 5) is 0. The Bertz CT molecular complexity index is 388. The molecule has 0 spiro atoms. The summed E-state index contributed by atoms with van der Waals surface area (Å²) in [5.41, 5.74) is 6.97. The van der Waals surface area contributed by atoms with Gasteiger partial charge in [-0.05, 0) is 49.6 Å². The molecule has 0 heteroatoms. The Morgan fingerprint density at radius 1 is 1.21 bits per heavy atom. The fourth-order valence-electron chi connectivity index (χ4n) is 1.26. The van der Waals surface area contributed by atoms with Gasteiger partial charge in [0.2, 0.25) is 0 Å². The van der Waals surface area contributed by atoms with Crippen LogP contribution in [0, 0.1) is 13.8 Å². The van der Waals surface area contributed by atoms with Crippen LogP contribution in [0.25, 0.3) is 6.08 Å². The highest BCUT2D eigenvalue weighted by Gasteiger charge is 1.94. The van der Waals surface area contributed by atoms with Gasteiger partial charge in [-0.2, -0.15) is 0 Å². The third kappa shape index (κ3) is 2.76. The number of allylic oxidation sites excluding steroid dienone is 2. The molecule has 1 aromatic rings. The Balaban J connectivity index is 2.92. The first-order valence-electron chi connectivity index (χ1n) is 4.85. The van der Waals surface area contributed by atoms with Crippen LogP contribution >= 0.6 is 0 Å². The molecule has 0 N–H and O–H groups in total. The smallest absolute Gasteiger partial charge is 0.0203 e. The molecule has 0 aromatic heterocycles. The SMILES string of the molecule is CC=C=C/C=C\c1cccc(C)c1C. The van der Waals surface area contributed by atoms with Crippen LogP contribution < -0.4 is 0 Å². The monoisotopic (exact) mass is 184 g/mol. The first kappa shape index (κ1) is 10.6. The van der Waals surface area contributed by atoms with Gasteiger partial charge >= 0.3 is 0 Å². The van der Waals surface area contributed by atoms with E-state index in [1.807, 2.05) is 25.2 Å². The van der Waals surface area contributed by atoms with Crippen LogP contribution in [0.15, 0.2) is 42.2 Å². The molecule has 14 heavy (non-hydrogen) atoms. The van der Waals surface area contributed by atoms with Crippen molar-refractivity contribution in [3.05, 3.63) is 58.8 Å². The van der Waals surface area contributed by atoms with Crippen LogP contribution in [0.1, 0.15) is 23.6 Å². The van der Waals surface area contributed by atoms with Gasteiger partial charge in [-0.1, -0.05) is 30.4 Å². The summed E-state index contributed by atoms with van der Waals surface area (Å²) in [6, 6.07) is 6.35. The Hall–Kier alpha value is -1.52. The molecule has 0 bridgehead atoms. The summed E-state index contributed by atoms with van der Waals surface area (Å²) in [7, 11) is 0. The summed E-state index contributed by atoms with van der Waals surface area (Å²) in [6.07, 6.45) is 7.94. The van der Waals surface area contributed by atoms with E-state index in [0.29, 0.717) is 0 Å². The predicted molar refractivity (Wildman–Crippen MR) is 63.3 cm³/mol. The third-order valence-corrected chi connectivity index (χ3v) is 2.28. The topological polar surface area (TPSA) is 0 Å². The second-order valence-corrected chi connectivity index (χ2v) is 3.27. The van der Waals surface area contributed by atoms with E-state index in [1.165, 1.54) is 16.7 Å². The Kier molecular flexibility index (Phi) is 3.97. The molecule has 0 radical (unpaired) electrons. The fraction of sp³-hybridized carbons (Fsp3) is 0.214. The van der Waals surface area contributed by atoms with Crippen LogP contribution in [0.5, 0.6) is 0 Å². The van der Waals surface area contributed by atoms with Crippen LogP contribution in [0.4, 0.5) is 0 Å². The van der Waals surface area contributed by atoms with E-state index in [2.05, 4.69) is 43.9 Å². The van der Waals surface area contributed by atoms with Gasteiger partial charge in [0.1, 0.15) is 0 Å². The summed E-state index contributed by atoms with van der Waals surface area (Å²) < 4.78 is 0. The molecule has 0 amide bonds. The van der Waals surface area contributed by atoms with Crippen molar-refractivity contribution in [2.75, 3.05) is 0 Å². The second-order valence-electron chi connectivity index (χ2n) is 3.27. The van der Waals surface area contributed by atoms with E-state index >= 15 is 0 Å². The molecule has 0 aliphatic rings. The Morgan fingerprint density at radius 2 is 2.00 bits per heavy atom. The third-order valence-electron chi connectivity index (χ3n) is 2.28. The van der Waals surface area contributed by atoms with Gasteiger partial charge in [-0.25, -0.2) is 0 Å². The highest BCUT2D eigenvalue weighted by atomic mass is 14.0. The van der Waals surface area contributed by atoms with Gasteiger partial charge in [0, 0.05) is 0 Å². The molecule has 0 saturated carbocycles. The van der Waals surface area contributed by atoms with Gasteiger partial charge in [0.15, 0.2) is 0 Å². The van der Waals surface area contributed by atoms with Crippen molar-refractivity contribution >= 4 is 6.08 Å². The summed E-state index contributed by atoms with van der Waals surface area (Å²) in [5.74, 6) is 0. The molecule has 72 valence electrons. The van der Waals surface area contributed by atoms with Gasteiger partial charge in [0.25, 0.3) is 0 Å². The Morgan fingerprint density at radius 3 is 2.71 bits per heavy atom. The number of hydrogen-bond donors (Lipinski definition) is 0. The lowest BCUT2D eigenvalue weighted by molar-refractivity contribution is 1.33. The van der Waals surface area contributed by atoms with E-state index in [4.69, 9.17) is 0 Å². The lowest BCUT2D eigenvalue weighted by Gasteiger charge is -2.02. The standard InChI is InChI=1S/C14H16/c1-4-5-6-7-10-14-11-8-9-12(2)13(14)3/h4,6-11H,1-3H3/b10-7-. The van der Waals surface area contributed by atoms with Gasteiger partial charge in [0.05, 0.1) is 0 Å². The van der Waals surface area contributed by atoms with Crippen LogP contribution in [-0.4, -0.2) is 0 Å². The quantitative estimate of drug-likeness (QED) is 0.480. The average molecular weight is 184 g/mol. The molecule has 1 aromatic carbocycles. The molecule has 0 aliphatic carbocycles. The number of benzene rings is 1. The van der Waals surface area contributed by atoms with E-state index in [9.17, 15) is 0 Å². The lowest BCUT2D eigenvalue weighted by Crippen LogP contribution is -1.83. The van der Waals surface area contributed by atoms with E-state index < -0.39 is 0 Å². The van der Waals surface area contributed by atoms with Crippen molar-refractivity contribution in [2.45, 2.75) is 20.8 Å². The molecular formula is C14H16. The normalized spacial score (nSPS) is 9.93. The summed E-state index contributed by atoms with van der Waals surface area (Å²) in [5, 5.41) is 0. The molecule has 0 aliphatic heterocycles. The van der Waals surface area contributed by atoms with Crippen molar-refractivity contribution in [1.29, 1.82) is 0 Å². The first-order chi connectivity index (χ1) is 6.75. The van der Waals surface area contributed by atoms with Crippen molar-refractivity contribution in [1.82, 2.24) is 0 Å². The largest absolute Gasteiger partial charge is 0.125 e. The Labute approximate surface area is 86.3 Å². The molecular weight excluding hydrogens is 168 g/mol. The van der Waals surface area contributed by atoms with Crippen molar-refractivity contribution < 1.29 is 0 Å². The predicted octanol–water partition coefficient (Wildman–Crippen LogP) is 4.05. The summed E-state index contributed by atoms with van der Waals surface area (Å²) in [6.45, 7) is 6.24. The zero-order valence-electron chi connectivity index (χ0n) is 9.04. The maximum atomic E-state index is 3.02. The maximum absolute atomic E-state index is 3.02. The highest BCUT2D eigenvalue weighted by molar-refractivity contribution is 5.56. The minimum atomic E-state index is 1.28. The zero-order valence-corrected chi connectivity index (χ0v) is 9.04. The van der Waals surface area contributed by atoms with E-state index in [1.54, 1.807) is 0 Å². The molecule has 0 unspecified atom stereocenters. The molecule has 0 atom stereocenters. The average Bonchev–Trinajstić information content (AvgIpc) is 2.19.